The lowest BCUT2D eigenvalue weighted by Gasteiger charge is -1.74. The first kappa shape index (κ1) is 16.9. The molecule has 72 valence electrons. The molecule has 0 aliphatic rings. The van der Waals surface area contributed by atoms with Gasteiger partial charge in [-0.2, -0.15) is 0 Å². The summed E-state index contributed by atoms with van der Waals surface area (Å²) in [4.78, 5) is 19.1. The quantitative estimate of drug-likeness (QED) is 0.460. The highest BCUT2D eigenvalue weighted by Gasteiger charge is 1.88. The van der Waals surface area contributed by atoms with E-state index in [1.807, 2.05) is 6.92 Å². The van der Waals surface area contributed by atoms with Gasteiger partial charge in [0.05, 0.1) is 0 Å². The van der Waals surface area contributed by atoms with Gasteiger partial charge in [-0.25, -0.2) is 9.59 Å². The molecule has 0 unspecified atom stereocenters. The molecule has 6 heteroatoms. The SMILES string of the molecule is CCN.O.O=C(O)C=CC(=O)O. The van der Waals surface area contributed by atoms with Crippen molar-refractivity contribution in [2.24, 2.45) is 5.73 Å². The van der Waals surface area contributed by atoms with Gasteiger partial charge in [-0.3, -0.25) is 0 Å². The lowest BCUT2D eigenvalue weighted by molar-refractivity contribution is -0.134. The van der Waals surface area contributed by atoms with Gasteiger partial charge in [0.2, 0.25) is 0 Å². The van der Waals surface area contributed by atoms with Crippen LogP contribution in [0.15, 0.2) is 12.2 Å². The summed E-state index contributed by atoms with van der Waals surface area (Å²) in [6, 6.07) is 0. The van der Waals surface area contributed by atoms with Crippen LogP contribution < -0.4 is 5.73 Å². The number of carboxylic acid groups (broad SMARTS) is 2. The summed E-state index contributed by atoms with van der Waals surface area (Å²) in [5, 5.41) is 15.6. The normalized spacial score (nSPS) is 7.83. The fourth-order valence-electron chi connectivity index (χ4n) is 0.143. The molecule has 0 aromatic rings. The average Bonchev–Trinajstić information content (AvgIpc) is 1.85. The minimum absolute atomic E-state index is 0. The summed E-state index contributed by atoms with van der Waals surface area (Å²) in [6.45, 7) is 2.65. The Kier molecular flexibility index (Phi) is 17.3. The Balaban J connectivity index is -0.000000177. The molecule has 0 aromatic heterocycles. The fraction of sp³-hybridized carbons (Fsp3) is 0.333. The fourth-order valence-corrected chi connectivity index (χ4v) is 0.143. The molecular formula is C6H13NO5. The third-order valence-corrected chi connectivity index (χ3v) is 0.368. The van der Waals surface area contributed by atoms with Gasteiger partial charge < -0.3 is 21.4 Å². The molecule has 0 fully saturated rings. The van der Waals surface area contributed by atoms with Crippen molar-refractivity contribution in [1.82, 2.24) is 0 Å². The Morgan fingerprint density at radius 2 is 1.42 bits per heavy atom. The van der Waals surface area contributed by atoms with Gasteiger partial charge in [-0.15, -0.1) is 0 Å². The van der Waals surface area contributed by atoms with Crippen LogP contribution in [0.5, 0.6) is 0 Å². The van der Waals surface area contributed by atoms with Gasteiger partial charge >= 0.3 is 11.9 Å². The molecule has 6 nitrogen and oxygen atoms in total. The first-order valence-electron chi connectivity index (χ1n) is 2.88. The van der Waals surface area contributed by atoms with Crippen LogP contribution in [0.1, 0.15) is 6.92 Å². The van der Waals surface area contributed by atoms with E-state index in [0.717, 1.165) is 6.54 Å². The first-order valence-corrected chi connectivity index (χ1v) is 2.88. The van der Waals surface area contributed by atoms with Crippen LogP contribution in [0.2, 0.25) is 0 Å². The molecule has 0 radical (unpaired) electrons. The van der Waals surface area contributed by atoms with Crippen LogP contribution in [-0.4, -0.2) is 34.2 Å². The number of carboxylic acids is 2. The van der Waals surface area contributed by atoms with Gasteiger partial charge in [-0.1, -0.05) is 6.92 Å². The molecule has 0 aliphatic heterocycles. The van der Waals surface area contributed by atoms with Crippen LogP contribution in [0.25, 0.3) is 0 Å². The molecular weight excluding hydrogens is 166 g/mol. The highest BCUT2D eigenvalue weighted by Crippen LogP contribution is 1.70. The summed E-state index contributed by atoms with van der Waals surface area (Å²) in [7, 11) is 0. The third kappa shape index (κ3) is 38.3. The van der Waals surface area contributed by atoms with E-state index < -0.39 is 11.9 Å². The predicted octanol–water partition coefficient (Wildman–Crippen LogP) is -1.15. The van der Waals surface area contributed by atoms with E-state index >= 15 is 0 Å². The van der Waals surface area contributed by atoms with Crippen molar-refractivity contribution in [2.45, 2.75) is 6.92 Å². The number of hydrogen-bond acceptors (Lipinski definition) is 3. The summed E-state index contributed by atoms with van der Waals surface area (Å²) >= 11 is 0. The average molecular weight is 179 g/mol. The van der Waals surface area contributed by atoms with Crippen LogP contribution in [0.3, 0.4) is 0 Å². The van der Waals surface area contributed by atoms with Crippen LogP contribution in [0.4, 0.5) is 0 Å². The molecule has 0 bridgehead atoms. The van der Waals surface area contributed by atoms with E-state index in [-0.39, 0.29) is 5.48 Å². The molecule has 0 aromatic carbocycles. The van der Waals surface area contributed by atoms with Gasteiger partial charge in [0.1, 0.15) is 0 Å². The van der Waals surface area contributed by atoms with E-state index in [1.54, 1.807) is 0 Å². The second kappa shape index (κ2) is 12.3. The van der Waals surface area contributed by atoms with Gasteiger partial charge in [0.15, 0.2) is 0 Å². The molecule has 0 atom stereocenters. The maximum Gasteiger partial charge on any atom is 0.328 e. The molecule has 0 amide bonds. The van der Waals surface area contributed by atoms with E-state index in [0.29, 0.717) is 12.2 Å². The second-order valence-electron chi connectivity index (χ2n) is 1.42. The largest absolute Gasteiger partial charge is 0.478 e. The number of rotatable bonds is 2. The molecule has 6 N–H and O–H groups in total. The van der Waals surface area contributed by atoms with Gasteiger partial charge in [0.25, 0.3) is 0 Å². The van der Waals surface area contributed by atoms with E-state index in [1.165, 1.54) is 0 Å². The second-order valence-corrected chi connectivity index (χ2v) is 1.42. The zero-order chi connectivity index (χ0) is 9.28. The van der Waals surface area contributed by atoms with E-state index in [2.05, 4.69) is 0 Å². The van der Waals surface area contributed by atoms with E-state index in [4.69, 9.17) is 15.9 Å². The molecule has 12 heavy (non-hydrogen) atoms. The predicted molar refractivity (Wildman–Crippen MR) is 42.8 cm³/mol. The van der Waals surface area contributed by atoms with Crippen LogP contribution >= 0.6 is 0 Å². The highest BCUT2D eigenvalue weighted by molar-refractivity contribution is 5.89. The maximum atomic E-state index is 9.55. The Hall–Kier alpha value is -1.40. The topological polar surface area (TPSA) is 132 Å². The van der Waals surface area contributed by atoms with Crippen molar-refractivity contribution in [3.63, 3.8) is 0 Å². The van der Waals surface area contributed by atoms with Crippen molar-refractivity contribution >= 4 is 11.9 Å². The minimum atomic E-state index is -1.26. The Bertz CT molecular complexity index is 138. The van der Waals surface area contributed by atoms with E-state index in [9.17, 15) is 9.59 Å². The monoisotopic (exact) mass is 179 g/mol. The number of aliphatic carboxylic acids is 2. The van der Waals surface area contributed by atoms with Crippen molar-refractivity contribution in [3.8, 4) is 0 Å². The number of nitrogens with two attached hydrogens (primary N) is 1. The molecule has 0 rings (SSSR count). The Labute approximate surface area is 69.6 Å². The molecule has 0 saturated carbocycles. The summed E-state index contributed by atoms with van der Waals surface area (Å²) in [6.07, 6.45) is 1.12. The smallest absolute Gasteiger partial charge is 0.328 e. The molecule has 0 heterocycles. The third-order valence-electron chi connectivity index (χ3n) is 0.368. The minimum Gasteiger partial charge on any atom is -0.478 e. The Morgan fingerprint density at radius 1 is 1.25 bits per heavy atom. The lowest BCUT2D eigenvalue weighted by atomic mass is 10.5. The van der Waals surface area contributed by atoms with Crippen molar-refractivity contribution in [2.75, 3.05) is 6.54 Å². The number of carbonyl (C=O) groups is 2. The zero-order valence-corrected chi connectivity index (χ0v) is 6.65. The van der Waals surface area contributed by atoms with Crippen molar-refractivity contribution in [3.05, 3.63) is 12.2 Å². The Morgan fingerprint density at radius 3 is 1.50 bits per heavy atom. The lowest BCUT2D eigenvalue weighted by Crippen LogP contribution is -1.91. The summed E-state index contributed by atoms with van der Waals surface area (Å²) in [5.74, 6) is -2.51. The highest BCUT2D eigenvalue weighted by atomic mass is 16.4. The van der Waals surface area contributed by atoms with Gasteiger partial charge in [0, 0.05) is 12.2 Å². The van der Waals surface area contributed by atoms with Crippen molar-refractivity contribution in [1.29, 1.82) is 0 Å². The maximum absolute atomic E-state index is 9.55. The zero-order valence-electron chi connectivity index (χ0n) is 6.65. The molecule has 0 saturated heterocycles. The van der Waals surface area contributed by atoms with Crippen LogP contribution in [-0.2, 0) is 9.59 Å². The van der Waals surface area contributed by atoms with Crippen molar-refractivity contribution < 1.29 is 25.3 Å². The first-order chi connectivity index (χ1) is 5.04. The summed E-state index contributed by atoms with van der Waals surface area (Å²) in [5.41, 5.74) is 4.85. The summed E-state index contributed by atoms with van der Waals surface area (Å²) < 4.78 is 0. The standard InChI is InChI=1S/C4H4O4.C2H7N.H2O/c5-3(6)1-2-4(7)8;1-2-3;/h1-2H,(H,5,6)(H,7,8);2-3H2,1H3;1H2. The molecule has 0 aliphatic carbocycles. The number of hydrogen-bond donors (Lipinski definition) is 3. The van der Waals surface area contributed by atoms with Crippen LogP contribution in [0, 0.1) is 0 Å². The van der Waals surface area contributed by atoms with Gasteiger partial charge in [-0.05, 0) is 6.54 Å². The molecule has 0 spiro atoms.